The zero-order valence-corrected chi connectivity index (χ0v) is 10.1. The van der Waals surface area contributed by atoms with Gasteiger partial charge in [0.15, 0.2) is 0 Å². The summed E-state index contributed by atoms with van der Waals surface area (Å²) in [6.45, 7) is 1.45. The molecule has 0 spiro atoms. The van der Waals surface area contributed by atoms with Crippen LogP contribution in [0.15, 0.2) is 24.3 Å². The number of rotatable bonds is 6. The molecule has 0 heterocycles. The zero-order valence-electron chi connectivity index (χ0n) is 10.1. The third-order valence-corrected chi connectivity index (χ3v) is 2.98. The Kier molecular flexibility index (Phi) is 4.23. The molecule has 0 radical (unpaired) electrons. The lowest BCUT2D eigenvalue weighted by Gasteiger charge is -2.32. The van der Waals surface area contributed by atoms with E-state index in [9.17, 15) is 0 Å². The van der Waals surface area contributed by atoms with E-state index in [2.05, 4.69) is 5.32 Å². The predicted molar refractivity (Wildman–Crippen MR) is 65.5 cm³/mol. The molecule has 1 aromatic rings. The highest BCUT2D eigenvalue weighted by atomic mass is 16.5. The van der Waals surface area contributed by atoms with Crippen LogP contribution in [0.2, 0.25) is 0 Å². The first-order chi connectivity index (χ1) is 8.28. The van der Waals surface area contributed by atoms with Crippen LogP contribution >= 0.6 is 0 Å². The summed E-state index contributed by atoms with van der Waals surface area (Å²) in [5, 5.41) is 12.5. The molecule has 0 saturated heterocycles. The van der Waals surface area contributed by atoms with Crippen molar-refractivity contribution in [1.29, 1.82) is 0 Å². The van der Waals surface area contributed by atoms with E-state index in [1.807, 2.05) is 24.3 Å². The normalized spacial score (nSPS) is 22.9. The summed E-state index contributed by atoms with van der Waals surface area (Å²) in [5.74, 6) is 1.68. The standard InChI is InChI=1S/C13H19NO3/c1-16-12-2-4-13(5-3-12)17-7-6-14-10-8-11(15)9-10/h2-5,10-11,14-15H,6-9H2,1H3. The van der Waals surface area contributed by atoms with E-state index in [1.54, 1.807) is 7.11 Å². The van der Waals surface area contributed by atoms with Crippen molar-refractivity contribution < 1.29 is 14.6 Å². The number of hydrogen-bond donors (Lipinski definition) is 2. The molecule has 2 N–H and O–H groups in total. The molecule has 2 rings (SSSR count). The van der Waals surface area contributed by atoms with Gasteiger partial charge in [0.1, 0.15) is 18.1 Å². The summed E-state index contributed by atoms with van der Waals surface area (Å²) >= 11 is 0. The van der Waals surface area contributed by atoms with Crippen LogP contribution in [-0.4, -0.2) is 37.5 Å². The number of hydrogen-bond acceptors (Lipinski definition) is 4. The van der Waals surface area contributed by atoms with Crippen LogP contribution in [0.1, 0.15) is 12.8 Å². The summed E-state index contributed by atoms with van der Waals surface area (Å²) < 4.78 is 10.6. The van der Waals surface area contributed by atoms with Gasteiger partial charge in [0.25, 0.3) is 0 Å². The Bertz CT molecular complexity index is 333. The lowest BCUT2D eigenvalue weighted by molar-refractivity contribution is 0.0612. The fourth-order valence-electron chi connectivity index (χ4n) is 1.86. The quantitative estimate of drug-likeness (QED) is 0.730. The van der Waals surface area contributed by atoms with Crippen LogP contribution in [0.3, 0.4) is 0 Å². The van der Waals surface area contributed by atoms with Crippen molar-refractivity contribution in [3.63, 3.8) is 0 Å². The van der Waals surface area contributed by atoms with E-state index in [0.29, 0.717) is 12.6 Å². The van der Waals surface area contributed by atoms with Gasteiger partial charge in [0.2, 0.25) is 0 Å². The molecular formula is C13H19NO3. The van der Waals surface area contributed by atoms with Crippen LogP contribution in [-0.2, 0) is 0 Å². The molecule has 0 aliphatic heterocycles. The topological polar surface area (TPSA) is 50.7 Å². The van der Waals surface area contributed by atoms with E-state index in [1.165, 1.54) is 0 Å². The van der Waals surface area contributed by atoms with Crippen molar-refractivity contribution in [2.75, 3.05) is 20.3 Å². The Balaban J connectivity index is 1.61. The Morgan fingerprint density at radius 3 is 2.47 bits per heavy atom. The van der Waals surface area contributed by atoms with Crippen LogP contribution < -0.4 is 14.8 Å². The van der Waals surface area contributed by atoms with Crippen molar-refractivity contribution in [3.8, 4) is 11.5 Å². The molecule has 1 aromatic carbocycles. The van der Waals surface area contributed by atoms with E-state index >= 15 is 0 Å². The highest BCUT2D eigenvalue weighted by Gasteiger charge is 2.25. The molecular weight excluding hydrogens is 218 g/mol. The number of benzene rings is 1. The van der Waals surface area contributed by atoms with Crippen LogP contribution in [0.25, 0.3) is 0 Å². The van der Waals surface area contributed by atoms with Crippen LogP contribution in [0.4, 0.5) is 0 Å². The molecule has 0 atom stereocenters. The molecule has 0 aromatic heterocycles. The van der Waals surface area contributed by atoms with Crippen molar-refractivity contribution >= 4 is 0 Å². The van der Waals surface area contributed by atoms with Gasteiger partial charge in [-0.1, -0.05) is 0 Å². The Labute approximate surface area is 102 Å². The SMILES string of the molecule is COc1ccc(OCCNC2CC(O)C2)cc1. The second kappa shape index (κ2) is 5.89. The maximum Gasteiger partial charge on any atom is 0.119 e. The van der Waals surface area contributed by atoms with E-state index in [0.717, 1.165) is 30.9 Å². The molecule has 0 amide bonds. The van der Waals surface area contributed by atoms with Gasteiger partial charge in [0.05, 0.1) is 13.2 Å². The second-order valence-electron chi connectivity index (χ2n) is 4.30. The third-order valence-electron chi connectivity index (χ3n) is 2.98. The fraction of sp³-hybridized carbons (Fsp3) is 0.538. The summed E-state index contributed by atoms with van der Waals surface area (Å²) in [5.41, 5.74) is 0. The van der Waals surface area contributed by atoms with Crippen LogP contribution in [0.5, 0.6) is 11.5 Å². The predicted octanol–water partition coefficient (Wildman–Crippen LogP) is 1.19. The van der Waals surface area contributed by atoms with Gasteiger partial charge in [-0.3, -0.25) is 0 Å². The number of aliphatic hydroxyl groups excluding tert-OH is 1. The molecule has 4 nitrogen and oxygen atoms in total. The average Bonchev–Trinajstić information content (AvgIpc) is 2.32. The second-order valence-corrected chi connectivity index (χ2v) is 4.30. The number of methoxy groups -OCH3 is 1. The van der Waals surface area contributed by atoms with Gasteiger partial charge in [-0.2, -0.15) is 0 Å². The van der Waals surface area contributed by atoms with E-state index in [-0.39, 0.29) is 6.10 Å². The minimum atomic E-state index is -0.102. The van der Waals surface area contributed by atoms with Gasteiger partial charge in [-0.25, -0.2) is 0 Å². The summed E-state index contributed by atoms with van der Waals surface area (Å²) in [6.07, 6.45) is 1.63. The zero-order chi connectivity index (χ0) is 12.1. The molecule has 0 bridgehead atoms. The summed E-state index contributed by atoms with van der Waals surface area (Å²) in [4.78, 5) is 0. The average molecular weight is 237 g/mol. The summed E-state index contributed by atoms with van der Waals surface area (Å²) in [6, 6.07) is 8.01. The van der Waals surface area contributed by atoms with Crippen molar-refractivity contribution in [2.24, 2.45) is 0 Å². The number of ether oxygens (including phenoxy) is 2. The Morgan fingerprint density at radius 2 is 1.88 bits per heavy atom. The van der Waals surface area contributed by atoms with Crippen LogP contribution in [0, 0.1) is 0 Å². The molecule has 1 saturated carbocycles. The fourth-order valence-corrected chi connectivity index (χ4v) is 1.86. The molecule has 1 aliphatic carbocycles. The molecule has 1 fully saturated rings. The first-order valence-corrected chi connectivity index (χ1v) is 5.96. The molecule has 4 heteroatoms. The Hall–Kier alpha value is -1.26. The molecule has 1 aliphatic rings. The lowest BCUT2D eigenvalue weighted by Crippen LogP contribution is -2.45. The number of nitrogens with one attached hydrogen (secondary N) is 1. The monoisotopic (exact) mass is 237 g/mol. The van der Waals surface area contributed by atoms with Crippen molar-refractivity contribution in [1.82, 2.24) is 5.32 Å². The highest BCUT2D eigenvalue weighted by Crippen LogP contribution is 2.19. The highest BCUT2D eigenvalue weighted by molar-refractivity contribution is 5.31. The summed E-state index contributed by atoms with van der Waals surface area (Å²) in [7, 11) is 1.65. The Morgan fingerprint density at radius 1 is 1.24 bits per heavy atom. The smallest absolute Gasteiger partial charge is 0.119 e. The lowest BCUT2D eigenvalue weighted by atomic mass is 9.90. The number of aliphatic hydroxyl groups is 1. The van der Waals surface area contributed by atoms with Crippen molar-refractivity contribution in [3.05, 3.63) is 24.3 Å². The molecule has 17 heavy (non-hydrogen) atoms. The minimum Gasteiger partial charge on any atom is -0.497 e. The first kappa shape index (κ1) is 12.2. The molecule has 0 unspecified atom stereocenters. The third kappa shape index (κ3) is 3.61. The maximum absolute atomic E-state index is 9.12. The van der Waals surface area contributed by atoms with Gasteiger partial charge in [0, 0.05) is 12.6 Å². The maximum atomic E-state index is 9.12. The minimum absolute atomic E-state index is 0.102. The van der Waals surface area contributed by atoms with Gasteiger partial charge in [-0.05, 0) is 37.1 Å². The van der Waals surface area contributed by atoms with Gasteiger partial charge < -0.3 is 19.9 Å². The van der Waals surface area contributed by atoms with Gasteiger partial charge in [-0.15, -0.1) is 0 Å². The van der Waals surface area contributed by atoms with Crippen molar-refractivity contribution in [2.45, 2.75) is 25.0 Å². The van der Waals surface area contributed by atoms with E-state index < -0.39 is 0 Å². The largest absolute Gasteiger partial charge is 0.497 e. The first-order valence-electron chi connectivity index (χ1n) is 5.96. The van der Waals surface area contributed by atoms with E-state index in [4.69, 9.17) is 14.6 Å². The molecule has 94 valence electrons. The van der Waals surface area contributed by atoms with Gasteiger partial charge >= 0.3 is 0 Å².